The second kappa shape index (κ2) is 5.21. The van der Waals surface area contributed by atoms with Crippen LogP contribution in [0, 0.1) is 0 Å². The highest BCUT2D eigenvalue weighted by Gasteiger charge is 2.22. The Kier molecular flexibility index (Phi) is 3.40. The highest BCUT2D eigenvalue weighted by Crippen LogP contribution is 2.27. The lowest BCUT2D eigenvalue weighted by Crippen LogP contribution is -2.18. The quantitative estimate of drug-likeness (QED) is 0.372. The summed E-state index contributed by atoms with van der Waals surface area (Å²) >= 11 is 3.44. The number of ketones is 1. The fourth-order valence-corrected chi connectivity index (χ4v) is 2.46. The van der Waals surface area contributed by atoms with Gasteiger partial charge in [0.15, 0.2) is 0 Å². The number of benzene rings is 2. The van der Waals surface area contributed by atoms with Gasteiger partial charge in [0.05, 0.1) is 0 Å². The second-order valence-corrected chi connectivity index (χ2v) is 5.47. The minimum atomic E-state index is -0.801. The van der Waals surface area contributed by atoms with Crippen LogP contribution in [0.2, 0.25) is 0 Å². The predicted molar refractivity (Wildman–Crippen MR) is 79.6 cm³/mol. The van der Waals surface area contributed by atoms with Crippen molar-refractivity contribution in [1.82, 2.24) is 0 Å². The van der Waals surface area contributed by atoms with Gasteiger partial charge < -0.3 is 4.74 Å². The topological polar surface area (TPSA) is 43.4 Å². The van der Waals surface area contributed by atoms with Crippen molar-refractivity contribution < 1.29 is 14.3 Å². The first-order valence-corrected chi connectivity index (χ1v) is 7.03. The zero-order valence-corrected chi connectivity index (χ0v) is 12.1. The Balaban J connectivity index is 1.92. The van der Waals surface area contributed by atoms with E-state index in [0.29, 0.717) is 5.56 Å². The molecule has 1 aliphatic carbocycles. The minimum Gasteiger partial charge on any atom is -0.455 e. The predicted octanol–water partition coefficient (Wildman–Crippen LogP) is 3.66. The molecule has 0 N–H and O–H groups in total. The Morgan fingerprint density at radius 1 is 1.10 bits per heavy atom. The van der Waals surface area contributed by atoms with E-state index >= 15 is 0 Å². The van der Waals surface area contributed by atoms with Gasteiger partial charge in [-0.25, -0.2) is 4.79 Å². The van der Waals surface area contributed by atoms with Crippen molar-refractivity contribution in [3.63, 3.8) is 0 Å². The molecule has 100 valence electrons. The van der Waals surface area contributed by atoms with Crippen LogP contribution in [-0.2, 0) is 9.53 Å². The highest BCUT2D eigenvalue weighted by atomic mass is 79.9. The molecule has 0 aromatic heterocycles. The van der Waals surface area contributed by atoms with Crippen LogP contribution < -0.4 is 0 Å². The molecule has 0 amide bonds. The van der Waals surface area contributed by atoms with E-state index in [2.05, 4.69) is 15.9 Å². The van der Waals surface area contributed by atoms with Gasteiger partial charge in [-0.1, -0.05) is 46.3 Å². The molecule has 0 radical (unpaired) electrons. The van der Waals surface area contributed by atoms with Gasteiger partial charge in [-0.15, -0.1) is 0 Å². The fraction of sp³-hybridized carbons (Fsp3) is 0.125. The lowest BCUT2D eigenvalue weighted by atomic mass is 10.0. The SMILES string of the molecule is O=C(OCC1=CC1)C(=O)c1ccc(Br)c2ccccc12. The molecule has 3 nitrogen and oxygen atoms in total. The third-order valence-electron chi connectivity index (χ3n) is 3.18. The number of ether oxygens (including phenoxy) is 1. The van der Waals surface area contributed by atoms with Crippen molar-refractivity contribution in [3.8, 4) is 0 Å². The number of halogens is 1. The van der Waals surface area contributed by atoms with E-state index in [1.54, 1.807) is 12.1 Å². The van der Waals surface area contributed by atoms with Gasteiger partial charge in [0.25, 0.3) is 5.78 Å². The minimum absolute atomic E-state index is 0.221. The molecular weight excluding hydrogens is 320 g/mol. The van der Waals surface area contributed by atoms with Crippen molar-refractivity contribution >= 4 is 38.5 Å². The van der Waals surface area contributed by atoms with Gasteiger partial charge in [0.1, 0.15) is 6.61 Å². The zero-order valence-electron chi connectivity index (χ0n) is 10.6. The molecule has 0 spiro atoms. The average Bonchev–Trinajstić information content (AvgIpc) is 3.29. The van der Waals surface area contributed by atoms with Crippen LogP contribution in [0.25, 0.3) is 10.8 Å². The van der Waals surface area contributed by atoms with Crippen LogP contribution >= 0.6 is 15.9 Å². The molecule has 0 fully saturated rings. The molecule has 2 aromatic rings. The maximum Gasteiger partial charge on any atom is 0.380 e. The normalized spacial score (nSPS) is 12.9. The first-order valence-electron chi connectivity index (χ1n) is 6.23. The number of Topliss-reactive ketones (excluding diaryl/α,β-unsaturated/α-hetero) is 1. The van der Waals surface area contributed by atoms with Crippen LogP contribution in [0.4, 0.5) is 0 Å². The summed E-state index contributed by atoms with van der Waals surface area (Å²) in [7, 11) is 0. The highest BCUT2D eigenvalue weighted by molar-refractivity contribution is 9.10. The number of esters is 1. The van der Waals surface area contributed by atoms with Gasteiger partial charge >= 0.3 is 5.97 Å². The maximum atomic E-state index is 12.2. The molecule has 0 saturated carbocycles. The Hall–Kier alpha value is -1.94. The van der Waals surface area contributed by atoms with Gasteiger partial charge in [0, 0.05) is 10.0 Å². The molecule has 0 aliphatic heterocycles. The zero-order chi connectivity index (χ0) is 14.1. The van der Waals surface area contributed by atoms with Crippen LogP contribution in [0.15, 0.2) is 52.5 Å². The molecule has 20 heavy (non-hydrogen) atoms. The maximum absolute atomic E-state index is 12.2. The average molecular weight is 331 g/mol. The summed E-state index contributed by atoms with van der Waals surface area (Å²) in [6.45, 7) is 0.221. The molecule has 3 rings (SSSR count). The fourth-order valence-electron chi connectivity index (χ4n) is 1.98. The first-order chi connectivity index (χ1) is 9.66. The first kappa shape index (κ1) is 13.1. The molecule has 0 bridgehead atoms. The van der Waals surface area contributed by atoms with Gasteiger partial charge in [-0.2, -0.15) is 0 Å². The second-order valence-electron chi connectivity index (χ2n) is 4.61. The number of carbonyl (C=O) groups excluding carboxylic acids is 2. The van der Waals surface area contributed by atoms with E-state index in [-0.39, 0.29) is 6.61 Å². The summed E-state index contributed by atoms with van der Waals surface area (Å²) in [5, 5.41) is 1.64. The summed E-state index contributed by atoms with van der Waals surface area (Å²) in [6, 6.07) is 10.9. The largest absolute Gasteiger partial charge is 0.455 e. The summed E-state index contributed by atoms with van der Waals surface area (Å²) < 4.78 is 5.88. The van der Waals surface area contributed by atoms with Crippen LogP contribution in [0.5, 0.6) is 0 Å². The third-order valence-corrected chi connectivity index (χ3v) is 3.87. The van der Waals surface area contributed by atoms with Crippen molar-refractivity contribution in [2.75, 3.05) is 6.61 Å². The Bertz CT molecular complexity index is 746. The molecule has 0 saturated heterocycles. The number of hydrogen-bond donors (Lipinski definition) is 0. The summed E-state index contributed by atoms with van der Waals surface area (Å²) in [5.74, 6) is -1.40. The van der Waals surface area contributed by atoms with Crippen LogP contribution in [0.3, 0.4) is 0 Å². The van der Waals surface area contributed by atoms with Crippen molar-refractivity contribution in [2.45, 2.75) is 6.42 Å². The molecule has 2 aromatic carbocycles. The standard InChI is InChI=1S/C16H11BrO3/c17-14-8-7-13(11-3-1-2-4-12(11)14)15(18)16(19)20-9-10-5-6-10/h1-5,7-8H,6,9H2. The summed E-state index contributed by atoms with van der Waals surface area (Å²) in [4.78, 5) is 24.0. The monoisotopic (exact) mass is 330 g/mol. The van der Waals surface area contributed by atoms with E-state index in [1.807, 2.05) is 30.3 Å². The number of fused-ring (bicyclic) bond motifs is 1. The molecule has 0 heterocycles. The van der Waals surface area contributed by atoms with E-state index in [4.69, 9.17) is 4.74 Å². The Morgan fingerprint density at radius 2 is 1.80 bits per heavy atom. The molecular formula is C16H11BrO3. The molecule has 0 unspecified atom stereocenters. The van der Waals surface area contributed by atoms with Crippen molar-refractivity contribution in [3.05, 3.63) is 58.1 Å². The van der Waals surface area contributed by atoms with E-state index in [0.717, 1.165) is 27.2 Å². The van der Waals surface area contributed by atoms with Crippen molar-refractivity contribution in [2.24, 2.45) is 0 Å². The van der Waals surface area contributed by atoms with Crippen LogP contribution in [-0.4, -0.2) is 18.4 Å². The molecule has 4 heteroatoms. The number of hydrogen-bond acceptors (Lipinski definition) is 3. The van der Waals surface area contributed by atoms with E-state index in [1.165, 1.54) is 0 Å². The lowest BCUT2D eigenvalue weighted by molar-refractivity contribution is -0.137. The van der Waals surface area contributed by atoms with Crippen molar-refractivity contribution in [1.29, 1.82) is 0 Å². The Labute approximate surface area is 124 Å². The summed E-state index contributed by atoms with van der Waals surface area (Å²) in [5.41, 5.74) is 1.44. The Morgan fingerprint density at radius 3 is 2.50 bits per heavy atom. The molecule has 0 atom stereocenters. The number of rotatable bonds is 4. The summed E-state index contributed by atoms with van der Waals surface area (Å²) in [6.07, 6.45) is 2.84. The number of allylic oxidation sites excluding steroid dienone is 1. The van der Waals surface area contributed by atoms with E-state index in [9.17, 15) is 9.59 Å². The molecule has 1 aliphatic rings. The lowest BCUT2D eigenvalue weighted by Gasteiger charge is -2.07. The third kappa shape index (κ3) is 2.51. The van der Waals surface area contributed by atoms with Crippen LogP contribution in [0.1, 0.15) is 16.8 Å². The van der Waals surface area contributed by atoms with E-state index < -0.39 is 11.8 Å². The smallest absolute Gasteiger partial charge is 0.380 e. The van der Waals surface area contributed by atoms with Gasteiger partial charge in [0.2, 0.25) is 0 Å². The van der Waals surface area contributed by atoms with Gasteiger partial charge in [-0.05, 0) is 34.9 Å². The van der Waals surface area contributed by atoms with Gasteiger partial charge in [-0.3, -0.25) is 4.79 Å². The number of carbonyl (C=O) groups is 2.